The number of aliphatic carboxylic acids is 1. The van der Waals surface area contributed by atoms with Crippen molar-refractivity contribution < 1.29 is 14.6 Å². The van der Waals surface area contributed by atoms with Crippen LogP contribution in [0.4, 0.5) is 0 Å². The molecule has 0 rings (SSSR count). The molecular weight excluding hydrogens is 180 g/mol. The van der Waals surface area contributed by atoms with Gasteiger partial charge in [-0.2, -0.15) is 0 Å². The van der Waals surface area contributed by atoms with Crippen molar-refractivity contribution in [2.24, 2.45) is 5.41 Å². The third-order valence-corrected chi connectivity index (χ3v) is 2.00. The molecule has 0 fully saturated rings. The molecule has 0 atom stereocenters. The van der Waals surface area contributed by atoms with Gasteiger partial charge in [0.15, 0.2) is 0 Å². The highest BCUT2D eigenvalue weighted by Gasteiger charge is 2.16. The number of allylic oxidation sites excluding steroid dienone is 1. The van der Waals surface area contributed by atoms with Crippen molar-refractivity contribution in [3.05, 3.63) is 11.6 Å². The summed E-state index contributed by atoms with van der Waals surface area (Å²) in [5, 5.41) is 8.66. The van der Waals surface area contributed by atoms with Crippen LogP contribution in [-0.4, -0.2) is 24.3 Å². The zero-order valence-electron chi connectivity index (χ0n) is 9.46. The molecule has 14 heavy (non-hydrogen) atoms. The zero-order chi connectivity index (χ0) is 11.2. The predicted molar refractivity (Wildman–Crippen MR) is 56.3 cm³/mol. The molecule has 0 radical (unpaired) electrons. The van der Waals surface area contributed by atoms with Gasteiger partial charge in [0.1, 0.15) is 0 Å². The van der Waals surface area contributed by atoms with Crippen molar-refractivity contribution in [1.29, 1.82) is 0 Å². The van der Waals surface area contributed by atoms with Crippen LogP contribution in [0, 0.1) is 5.41 Å². The maximum atomic E-state index is 10.5. The standard InChI is InChI=1S/C11H20O3/c1-5-14-8-11(3,4)7-6-9(2)10(12)13/h6H,5,7-8H2,1-4H3,(H,12,13). The smallest absolute Gasteiger partial charge is 0.330 e. The van der Waals surface area contributed by atoms with Crippen LogP contribution in [0.5, 0.6) is 0 Å². The molecule has 0 saturated carbocycles. The fourth-order valence-electron chi connectivity index (χ4n) is 0.954. The topological polar surface area (TPSA) is 46.5 Å². The molecule has 0 aliphatic heterocycles. The summed E-state index contributed by atoms with van der Waals surface area (Å²) in [7, 11) is 0. The van der Waals surface area contributed by atoms with E-state index in [-0.39, 0.29) is 5.41 Å². The van der Waals surface area contributed by atoms with Crippen LogP contribution in [0.3, 0.4) is 0 Å². The Morgan fingerprint density at radius 1 is 1.50 bits per heavy atom. The second kappa shape index (κ2) is 5.81. The number of carbonyl (C=O) groups is 1. The van der Waals surface area contributed by atoms with Gasteiger partial charge < -0.3 is 9.84 Å². The molecule has 0 bridgehead atoms. The molecule has 0 spiro atoms. The molecule has 0 aliphatic carbocycles. The Bertz CT molecular complexity index is 217. The van der Waals surface area contributed by atoms with E-state index in [1.807, 2.05) is 6.92 Å². The molecule has 0 saturated heterocycles. The minimum absolute atomic E-state index is 0.00667. The third-order valence-electron chi connectivity index (χ3n) is 2.00. The Hall–Kier alpha value is -0.830. The number of rotatable bonds is 6. The summed E-state index contributed by atoms with van der Waals surface area (Å²) in [6.07, 6.45) is 2.48. The first-order valence-electron chi connectivity index (χ1n) is 4.87. The Morgan fingerprint density at radius 3 is 2.50 bits per heavy atom. The molecule has 0 aliphatic rings. The van der Waals surface area contributed by atoms with Gasteiger partial charge in [0.2, 0.25) is 0 Å². The van der Waals surface area contributed by atoms with Crippen molar-refractivity contribution in [2.75, 3.05) is 13.2 Å². The number of ether oxygens (including phenoxy) is 1. The first-order chi connectivity index (χ1) is 6.39. The highest BCUT2D eigenvalue weighted by molar-refractivity contribution is 5.85. The lowest BCUT2D eigenvalue weighted by Crippen LogP contribution is -2.18. The van der Waals surface area contributed by atoms with Gasteiger partial charge in [0.25, 0.3) is 0 Å². The molecule has 0 unspecified atom stereocenters. The van der Waals surface area contributed by atoms with Gasteiger partial charge in [0, 0.05) is 12.2 Å². The Balaban J connectivity index is 4.09. The van der Waals surface area contributed by atoms with Gasteiger partial charge in [-0.3, -0.25) is 0 Å². The van der Waals surface area contributed by atoms with Crippen LogP contribution >= 0.6 is 0 Å². The Labute approximate surface area is 85.8 Å². The fraction of sp³-hybridized carbons (Fsp3) is 0.727. The van der Waals surface area contributed by atoms with Gasteiger partial charge in [-0.15, -0.1) is 0 Å². The van der Waals surface area contributed by atoms with Gasteiger partial charge in [-0.05, 0) is 25.7 Å². The summed E-state index contributed by atoms with van der Waals surface area (Å²) >= 11 is 0. The normalized spacial score (nSPS) is 13.0. The van der Waals surface area contributed by atoms with Gasteiger partial charge in [-0.25, -0.2) is 4.79 Å². The highest BCUT2D eigenvalue weighted by Crippen LogP contribution is 2.22. The van der Waals surface area contributed by atoms with E-state index < -0.39 is 5.97 Å². The summed E-state index contributed by atoms with van der Waals surface area (Å²) < 4.78 is 5.31. The van der Waals surface area contributed by atoms with Crippen LogP contribution < -0.4 is 0 Å². The molecule has 0 aromatic carbocycles. The Kier molecular flexibility index (Phi) is 5.46. The number of hydrogen-bond donors (Lipinski definition) is 1. The summed E-state index contributed by atoms with van der Waals surface area (Å²) in [5.41, 5.74) is 0.404. The van der Waals surface area contributed by atoms with Crippen LogP contribution in [0.15, 0.2) is 11.6 Å². The number of hydrogen-bond acceptors (Lipinski definition) is 2. The molecule has 0 amide bonds. The first kappa shape index (κ1) is 13.2. The van der Waals surface area contributed by atoms with E-state index in [1.165, 1.54) is 0 Å². The SMILES string of the molecule is CCOCC(C)(C)CC=C(C)C(=O)O. The van der Waals surface area contributed by atoms with Gasteiger partial charge >= 0.3 is 5.97 Å². The zero-order valence-corrected chi connectivity index (χ0v) is 9.46. The van der Waals surface area contributed by atoms with Crippen molar-refractivity contribution in [1.82, 2.24) is 0 Å². The molecule has 0 aromatic heterocycles. The molecule has 1 N–H and O–H groups in total. The number of carboxylic acid groups (broad SMARTS) is 1. The maximum Gasteiger partial charge on any atom is 0.330 e. The molecular formula is C11H20O3. The van der Waals surface area contributed by atoms with Crippen LogP contribution in [0.1, 0.15) is 34.1 Å². The van der Waals surface area contributed by atoms with E-state index in [2.05, 4.69) is 13.8 Å². The molecule has 82 valence electrons. The highest BCUT2D eigenvalue weighted by atomic mass is 16.5. The summed E-state index contributed by atoms with van der Waals surface area (Å²) in [6.45, 7) is 9.05. The van der Waals surface area contributed by atoms with Crippen LogP contribution in [-0.2, 0) is 9.53 Å². The quantitative estimate of drug-likeness (QED) is 0.670. The van der Waals surface area contributed by atoms with E-state index in [1.54, 1.807) is 13.0 Å². The average molecular weight is 200 g/mol. The average Bonchev–Trinajstić information content (AvgIpc) is 2.11. The largest absolute Gasteiger partial charge is 0.478 e. The van der Waals surface area contributed by atoms with Crippen molar-refractivity contribution in [2.45, 2.75) is 34.1 Å². The molecule has 3 heteroatoms. The van der Waals surface area contributed by atoms with E-state index in [0.29, 0.717) is 18.8 Å². The predicted octanol–water partition coefficient (Wildman–Crippen LogP) is 2.47. The molecule has 3 nitrogen and oxygen atoms in total. The van der Waals surface area contributed by atoms with E-state index >= 15 is 0 Å². The van der Waals surface area contributed by atoms with Crippen LogP contribution in [0.25, 0.3) is 0 Å². The van der Waals surface area contributed by atoms with E-state index in [9.17, 15) is 4.79 Å². The first-order valence-corrected chi connectivity index (χ1v) is 4.87. The minimum Gasteiger partial charge on any atom is -0.478 e. The minimum atomic E-state index is -0.850. The third kappa shape index (κ3) is 5.75. The van der Waals surface area contributed by atoms with Crippen LogP contribution in [0.2, 0.25) is 0 Å². The van der Waals surface area contributed by atoms with Gasteiger partial charge in [0.05, 0.1) is 6.61 Å². The van der Waals surface area contributed by atoms with Gasteiger partial charge in [-0.1, -0.05) is 19.9 Å². The lowest BCUT2D eigenvalue weighted by molar-refractivity contribution is -0.132. The fourth-order valence-corrected chi connectivity index (χ4v) is 0.954. The lowest BCUT2D eigenvalue weighted by Gasteiger charge is -2.22. The van der Waals surface area contributed by atoms with Crippen molar-refractivity contribution >= 4 is 5.97 Å². The maximum absolute atomic E-state index is 10.5. The summed E-state index contributed by atoms with van der Waals surface area (Å²) in [4.78, 5) is 10.5. The summed E-state index contributed by atoms with van der Waals surface area (Å²) in [6, 6.07) is 0. The van der Waals surface area contributed by atoms with E-state index in [0.717, 1.165) is 6.42 Å². The Morgan fingerprint density at radius 2 is 2.07 bits per heavy atom. The molecule has 0 heterocycles. The monoisotopic (exact) mass is 200 g/mol. The lowest BCUT2D eigenvalue weighted by atomic mass is 9.89. The second-order valence-electron chi connectivity index (χ2n) is 4.20. The van der Waals surface area contributed by atoms with Crippen molar-refractivity contribution in [3.63, 3.8) is 0 Å². The molecule has 0 aromatic rings. The summed E-state index contributed by atoms with van der Waals surface area (Å²) in [5.74, 6) is -0.850. The van der Waals surface area contributed by atoms with E-state index in [4.69, 9.17) is 9.84 Å². The van der Waals surface area contributed by atoms with Crippen molar-refractivity contribution in [3.8, 4) is 0 Å². The number of carboxylic acids is 1. The second-order valence-corrected chi connectivity index (χ2v) is 4.20.